The Labute approximate surface area is 137 Å². The number of hydrogen-bond donors (Lipinski definition) is 1. The maximum absolute atomic E-state index is 12.3. The molecule has 0 fully saturated rings. The average Bonchev–Trinajstić information content (AvgIpc) is 2.54. The molecule has 2 aromatic rings. The number of rotatable bonds is 7. The van der Waals surface area contributed by atoms with Gasteiger partial charge in [0.25, 0.3) is 0 Å². The SMILES string of the molecule is CC(=O)c1ccc(S(=O)(=O)NCC(C)Cc2ccccc2)cc1. The van der Waals surface area contributed by atoms with Gasteiger partial charge in [-0.05, 0) is 37.0 Å². The number of sulfonamides is 1. The van der Waals surface area contributed by atoms with Crippen molar-refractivity contribution < 1.29 is 13.2 Å². The molecule has 0 bridgehead atoms. The van der Waals surface area contributed by atoms with Crippen LogP contribution < -0.4 is 4.72 Å². The second-order valence-corrected chi connectivity index (χ2v) is 7.49. The Kier molecular flexibility index (Phi) is 5.69. The van der Waals surface area contributed by atoms with Gasteiger partial charge in [0.2, 0.25) is 10.0 Å². The number of nitrogens with one attached hydrogen (secondary N) is 1. The molecule has 0 heterocycles. The Morgan fingerprint density at radius 3 is 2.22 bits per heavy atom. The molecule has 23 heavy (non-hydrogen) atoms. The van der Waals surface area contributed by atoms with Gasteiger partial charge in [-0.3, -0.25) is 4.79 Å². The summed E-state index contributed by atoms with van der Waals surface area (Å²) in [6.07, 6.45) is 0.812. The summed E-state index contributed by atoms with van der Waals surface area (Å²) in [5.74, 6) is 0.0991. The first-order valence-electron chi connectivity index (χ1n) is 7.53. The minimum absolute atomic E-state index is 0.0848. The van der Waals surface area contributed by atoms with Crippen molar-refractivity contribution >= 4 is 15.8 Å². The molecule has 0 saturated carbocycles. The molecule has 0 spiro atoms. The van der Waals surface area contributed by atoms with Crippen LogP contribution in [0.2, 0.25) is 0 Å². The van der Waals surface area contributed by atoms with E-state index in [1.165, 1.54) is 36.8 Å². The van der Waals surface area contributed by atoms with Crippen molar-refractivity contribution in [2.75, 3.05) is 6.54 Å². The quantitative estimate of drug-likeness (QED) is 0.793. The molecular formula is C18H21NO3S. The molecule has 2 rings (SSSR count). The van der Waals surface area contributed by atoms with Gasteiger partial charge in [-0.25, -0.2) is 13.1 Å². The molecule has 0 amide bonds. The third kappa shape index (κ3) is 5.01. The Balaban J connectivity index is 1.96. The van der Waals surface area contributed by atoms with Gasteiger partial charge >= 0.3 is 0 Å². The maximum Gasteiger partial charge on any atom is 0.240 e. The summed E-state index contributed by atoms with van der Waals surface area (Å²) in [7, 11) is -3.55. The van der Waals surface area contributed by atoms with Crippen LogP contribution >= 0.6 is 0 Å². The predicted octanol–water partition coefficient (Wildman–Crippen LogP) is 3.05. The van der Waals surface area contributed by atoms with E-state index in [4.69, 9.17) is 0 Å². The molecule has 1 unspecified atom stereocenters. The average molecular weight is 331 g/mol. The highest BCUT2D eigenvalue weighted by molar-refractivity contribution is 7.89. The van der Waals surface area contributed by atoms with Crippen LogP contribution in [-0.4, -0.2) is 20.7 Å². The minimum atomic E-state index is -3.55. The van der Waals surface area contributed by atoms with Crippen LogP contribution in [-0.2, 0) is 16.4 Å². The fraction of sp³-hybridized carbons (Fsp3) is 0.278. The van der Waals surface area contributed by atoms with E-state index in [2.05, 4.69) is 4.72 Å². The van der Waals surface area contributed by atoms with Crippen molar-refractivity contribution in [3.05, 3.63) is 65.7 Å². The van der Waals surface area contributed by atoms with Crippen molar-refractivity contribution in [3.63, 3.8) is 0 Å². The first-order valence-corrected chi connectivity index (χ1v) is 9.01. The van der Waals surface area contributed by atoms with E-state index in [-0.39, 0.29) is 16.6 Å². The smallest absolute Gasteiger partial charge is 0.240 e. The number of ketones is 1. The van der Waals surface area contributed by atoms with Crippen LogP contribution in [0.25, 0.3) is 0 Å². The second kappa shape index (κ2) is 7.53. The van der Waals surface area contributed by atoms with E-state index in [1.807, 2.05) is 37.3 Å². The number of Topliss-reactive ketones (excluding diaryl/α,β-unsaturated/α-hetero) is 1. The summed E-state index contributed by atoms with van der Waals surface area (Å²) in [6, 6.07) is 16.0. The summed E-state index contributed by atoms with van der Waals surface area (Å²) in [5, 5.41) is 0. The lowest BCUT2D eigenvalue weighted by Gasteiger charge is -2.13. The van der Waals surface area contributed by atoms with Gasteiger partial charge in [0.1, 0.15) is 0 Å². The monoisotopic (exact) mass is 331 g/mol. The van der Waals surface area contributed by atoms with Crippen LogP contribution in [0.15, 0.2) is 59.5 Å². The van der Waals surface area contributed by atoms with E-state index in [0.29, 0.717) is 12.1 Å². The summed E-state index contributed by atoms with van der Waals surface area (Å²) in [5.41, 5.74) is 1.69. The summed E-state index contributed by atoms with van der Waals surface area (Å²) >= 11 is 0. The molecule has 2 aromatic carbocycles. The highest BCUT2D eigenvalue weighted by Gasteiger charge is 2.15. The Hall–Kier alpha value is -1.98. The van der Waals surface area contributed by atoms with Crippen LogP contribution in [0.4, 0.5) is 0 Å². The number of carbonyl (C=O) groups is 1. The van der Waals surface area contributed by atoms with E-state index in [9.17, 15) is 13.2 Å². The molecule has 0 aliphatic carbocycles. The van der Waals surface area contributed by atoms with Gasteiger partial charge < -0.3 is 0 Å². The van der Waals surface area contributed by atoms with Crippen molar-refractivity contribution in [3.8, 4) is 0 Å². The number of carbonyl (C=O) groups excluding carboxylic acids is 1. The highest BCUT2D eigenvalue weighted by atomic mass is 32.2. The molecule has 0 saturated heterocycles. The van der Waals surface area contributed by atoms with Gasteiger partial charge in [0.05, 0.1) is 4.90 Å². The van der Waals surface area contributed by atoms with E-state index in [1.54, 1.807) is 0 Å². The highest BCUT2D eigenvalue weighted by Crippen LogP contribution is 2.12. The van der Waals surface area contributed by atoms with E-state index < -0.39 is 10.0 Å². The van der Waals surface area contributed by atoms with Crippen molar-refractivity contribution in [2.24, 2.45) is 5.92 Å². The number of benzene rings is 2. The molecule has 0 aromatic heterocycles. The largest absolute Gasteiger partial charge is 0.295 e. The van der Waals surface area contributed by atoms with Gasteiger partial charge in [-0.15, -0.1) is 0 Å². The standard InChI is InChI=1S/C18H21NO3S/c1-14(12-16-6-4-3-5-7-16)13-19-23(21,22)18-10-8-17(9-11-18)15(2)20/h3-11,14,19H,12-13H2,1-2H3. The molecule has 5 heteroatoms. The molecule has 0 aliphatic heterocycles. The number of hydrogen-bond acceptors (Lipinski definition) is 3. The van der Waals surface area contributed by atoms with E-state index in [0.717, 1.165) is 6.42 Å². The van der Waals surface area contributed by atoms with Gasteiger partial charge in [0.15, 0.2) is 5.78 Å². The summed E-state index contributed by atoms with van der Waals surface area (Å²) in [6.45, 7) is 3.83. The topological polar surface area (TPSA) is 63.2 Å². The first-order chi connectivity index (χ1) is 10.9. The lowest BCUT2D eigenvalue weighted by molar-refractivity contribution is 0.101. The minimum Gasteiger partial charge on any atom is -0.295 e. The summed E-state index contributed by atoms with van der Waals surface area (Å²) < 4.78 is 27.2. The molecule has 1 atom stereocenters. The molecule has 4 nitrogen and oxygen atoms in total. The van der Waals surface area contributed by atoms with Crippen molar-refractivity contribution in [2.45, 2.75) is 25.2 Å². The molecule has 122 valence electrons. The van der Waals surface area contributed by atoms with E-state index >= 15 is 0 Å². The maximum atomic E-state index is 12.3. The second-order valence-electron chi connectivity index (χ2n) is 5.73. The third-order valence-electron chi connectivity index (χ3n) is 3.62. The zero-order valence-corrected chi connectivity index (χ0v) is 14.1. The molecule has 0 aliphatic rings. The van der Waals surface area contributed by atoms with Crippen molar-refractivity contribution in [1.82, 2.24) is 4.72 Å². The third-order valence-corrected chi connectivity index (χ3v) is 5.06. The van der Waals surface area contributed by atoms with Crippen molar-refractivity contribution in [1.29, 1.82) is 0 Å². The zero-order chi connectivity index (χ0) is 16.9. The predicted molar refractivity (Wildman–Crippen MR) is 90.9 cm³/mol. The molecule has 1 N–H and O–H groups in total. The summed E-state index contributed by atoms with van der Waals surface area (Å²) in [4.78, 5) is 11.4. The van der Waals surface area contributed by atoms with Crippen LogP contribution in [0.3, 0.4) is 0 Å². The van der Waals surface area contributed by atoms with Crippen LogP contribution in [0.1, 0.15) is 29.8 Å². The van der Waals surface area contributed by atoms with Crippen LogP contribution in [0, 0.1) is 5.92 Å². The Morgan fingerprint density at radius 1 is 1.04 bits per heavy atom. The lowest BCUT2D eigenvalue weighted by Crippen LogP contribution is -2.29. The fourth-order valence-corrected chi connectivity index (χ4v) is 3.46. The first kappa shape index (κ1) is 17.4. The lowest BCUT2D eigenvalue weighted by atomic mass is 10.0. The van der Waals surface area contributed by atoms with Gasteiger partial charge in [0, 0.05) is 12.1 Å². The molecular weight excluding hydrogens is 310 g/mol. The van der Waals surface area contributed by atoms with Gasteiger partial charge in [-0.1, -0.05) is 49.4 Å². The Morgan fingerprint density at radius 2 is 1.65 bits per heavy atom. The van der Waals surface area contributed by atoms with Crippen LogP contribution in [0.5, 0.6) is 0 Å². The molecule has 0 radical (unpaired) electrons. The normalized spacial score (nSPS) is 12.8. The fourth-order valence-electron chi connectivity index (χ4n) is 2.29. The Bertz CT molecular complexity index is 753. The van der Waals surface area contributed by atoms with Gasteiger partial charge in [-0.2, -0.15) is 0 Å². The zero-order valence-electron chi connectivity index (χ0n) is 13.3.